The van der Waals surface area contributed by atoms with E-state index in [1.807, 2.05) is 31.3 Å². The van der Waals surface area contributed by atoms with E-state index >= 15 is 0 Å². The SMILES string of the molecule is COC(=O)C1=C(c2ccccc2Cl)CN(C)CC1. The zero-order chi connectivity index (χ0) is 13.1. The molecule has 0 aliphatic carbocycles. The van der Waals surface area contributed by atoms with Crippen molar-refractivity contribution in [2.45, 2.75) is 6.42 Å². The first-order chi connectivity index (χ1) is 8.63. The number of halogens is 1. The number of likely N-dealkylation sites (N-methyl/N-ethyl adjacent to an activating group) is 1. The van der Waals surface area contributed by atoms with Crippen molar-refractivity contribution in [3.05, 3.63) is 40.4 Å². The third-order valence-electron chi connectivity index (χ3n) is 3.17. The zero-order valence-electron chi connectivity index (χ0n) is 10.6. The summed E-state index contributed by atoms with van der Waals surface area (Å²) in [6.07, 6.45) is 0.698. The number of hydrogen-bond donors (Lipinski definition) is 0. The number of carbonyl (C=O) groups excluding carboxylic acids is 1. The van der Waals surface area contributed by atoms with Gasteiger partial charge in [-0.15, -0.1) is 0 Å². The second-order valence-corrected chi connectivity index (χ2v) is 4.82. The van der Waals surface area contributed by atoms with E-state index in [0.717, 1.165) is 23.3 Å². The van der Waals surface area contributed by atoms with Crippen LogP contribution in [0.2, 0.25) is 5.02 Å². The summed E-state index contributed by atoms with van der Waals surface area (Å²) in [6, 6.07) is 7.60. The molecule has 1 aromatic rings. The lowest BCUT2D eigenvalue weighted by Gasteiger charge is -2.27. The number of ether oxygens (including phenoxy) is 1. The Balaban J connectivity index is 2.51. The molecule has 0 amide bonds. The first-order valence-electron chi connectivity index (χ1n) is 5.87. The smallest absolute Gasteiger partial charge is 0.334 e. The number of methoxy groups -OCH3 is 1. The molecule has 2 rings (SSSR count). The van der Waals surface area contributed by atoms with E-state index in [1.165, 1.54) is 7.11 Å². The molecule has 1 aromatic carbocycles. The average molecular weight is 266 g/mol. The Bertz CT molecular complexity index is 496. The highest BCUT2D eigenvalue weighted by Crippen LogP contribution is 2.31. The monoisotopic (exact) mass is 265 g/mol. The van der Waals surface area contributed by atoms with Crippen LogP contribution in [0.3, 0.4) is 0 Å². The fourth-order valence-electron chi connectivity index (χ4n) is 2.20. The van der Waals surface area contributed by atoms with Crippen molar-refractivity contribution in [3.63, 3.8) is 0 Å². The Morgan fingerprint density at radius 2 is 2.11 bits per heavy atom. The van der Waals surface area contributed by atoms with Crippen molar-refractivity contribution in [3.8, 4) is 0 Å². The van der Waals surface area contributed by atoms with Gasteiger partial charge >= 0.3 is 5.97 Å². The number of carbonyl (C=O) groups is 1. The molecular weight excluding hydrogens is 250 g/mol. The predicted octanol–water partition coefficient (Wildman–Crippen LogP) is 2.60. The van der Waals surface area contributed by atoms with Gasteiger partial charge in [0.05, 0.1) is 7.11 Å². The van der Waals surface area contributed by atoms with Crippen LogP contribution in [0, 0.1) is 0 Å². The minimum atomic E-state index is -0.252. The summed E-state index contributed by atoms with van der Waals surface area (Å²) in [4.78, 5) is 14.0. The third-order valence-corrected chi connectivity index (χ3v) is 3.50. The Morgan fingerprint density at radius 3 is 2.78 bits per heavy atom. The predicted molar refractivity (Wildman–Crippen MR) is 72.5 cm³/mol. The summed E-state index contributed by atoms with van der Waals surface area (Å²) >= 11 is 6.21. The van der Waals surface area contributed by atoms with Gasteiger partial charge < -0.3 is 9.64 Å². The lowest BCUT2D eigenvalue weighted by molar-refractivity contribution is -0.136. The first-order valence-corrected chi connectivity index (χ1v) is 6.25. The largest absolute Gasteiger partial charge is 0.466 e. The van der Waals surface area contributed by atoms with Gasteiger partial charge in [0.1, 0.15) is 0 Å². The molecule has 0 aromatic heterocycles. The topological polar surface area (TPSA) is 29.5 Å². The molecule has 0 fully saturated rings. The summed E-state index contributed by atoms with van der Waals surface area (Å²) in [7, 11) is 3.45. The molecular formula is C14H16ClNO2. The molecule has 96 valence electrons. The van der Waals surface area contributed by atoms with Gasteiger partial charge in [-0.2, -0.15) is 0 Å². The highest BCUT2D eigenvalue weighted by molar-refractivity contribution is 6.32. The summed E-state index contributed by atoms with van der Waals surface area (Å²) in [5, 5.41) is 0.671. The van der Waals surface area contributed by atoms with Crippen molar-refractivity contribution in [2.75, 3.05) is 27.2 Å². The van der Waals surface area contributed by atoms with Crippen molar-refractivity contribution >= 4 is 23.1 Å². The maximum Gasteiger partial charge on any atom is 0.334 e. The van der Waals surface area contributed by atoms with E-state index in [0.29, 0.717) is 18.0 Å². The standard InChI is InChI=1S/C14H16ClNO2/c1-16-8-7-11(14(17)18-2)12(9-16)10-5-3-4-6-13(10)15/h3-6H,7-9H2,1-2H3. The summed E-state index contributed by atoms with van der Waals surface area (Å²) in [5.41, 5.74) is 2.64. The maximum absolute atomic E-state index is 11.8. The Kier molecular flexibility index (Phi) is 4.04. The van der Waals surface area contributed by atoms with Crippen LogP contribution >= 0.6 is 11.6 Å². The molecule has 0 unspecified atom stereocenters. The minimum Gasteiger partial charge on any atom is -0.466 e. The van der Waals surface area contributed by atoms with Crippen molar-refractivity contribution in [2.24, 2.45) is 0 Å². The van der Waals surface area contributed by atoms with Crippen LogP contribution in [-0.4, -0.2) is 38.1 Å². The van der Waals surface area contributed by atoms with Crippen molar-refractivity contribution < 1.29 is 9.53 Å². The summed E-state index contributed by atoms with van der Waals surface area (Å²) in [6.45, 7) is 1.58. The minimum absolute atomic E-state index is 0.252. The highest BCUT2D eigenvalue weighted by atomic mass is 35.5. The van der Waals surface area contributed by atoms with E-state index in [9.17, 15) is 4.79 Å². The number of benzene rings is 1. The van der Waals surface area contributed by atoms with Gasteiger partial charge in [0, 0.05) is 23.7 Å². The average Bonchev–Trinajstić information content (AvgIpc) is 2.38. The van der Waals surface area contributed by atoms with Gasteiger partial charge in [-0.05, 0) is 30.7 Å². The molecule has 1 aliphatic heterocycles. The van der Waals surface area contributed by atoms with E-state index < -0.39 is 0 Å². The van der Waals surface area contributed by atoms with Crippen LogP contribution in [0.15, 0.2) is 29.8 Å². The van der Waals surface area contributed by atoms with Crippen LogP contribution < -0.4 is 0 Å². The summed E-state index contributed by atoms with van der Waals surface area (Å²) < 4.78 is 4.86. The molecule has 1 heterocycles. The van der Waals surface area contributed by atoms with Gasteiger partial charge in [0.25, 0.3) is 0 Å². The fraction of sp³-hybridized carbons (Fsp3) is 0.357. The summed E-state index contributed by atoms with van der Waals surface area (Å²) in [5.74, 6) is -0.252. The first kappa shape index (κ1) is 13.1. The molecule has 1 aliphatic rings. The zero-order valence-corrected chi connectivity index (χ0v) is 11.3. The quantitative estimate of drug-likeness (QED) is 0.770. The normalized spacial score (nSPS) is 16.8. The number of hydrogen-bond acceptors (Lipinski definition) is 3. The maximum atomic E-state index is 11.8. The van der Waals surface area contributed by atoms with E-state index in [1.54, 1.807) is 0 Å². The molecule has 18 heavy (non-hydrogen) atoms. The molecule has 4 heteroatoms. The van der Waals surface area contributed by atoms with Gasteiger partial charge in [-0.25, -0.2) is 4.79 Å². The van der Waals surface area contributed by atoms with E-state index in [4.69, 9.17) is 16.3 Å². The second kappa shape index (κ2) is 5.55. The van der Waals surface area contributed by atoms with Gasteiger partial charge in [-0.1, -0.05) is 29.8 Å². The van der Waals surface area contributed by atoms with Crippen LogP contribution in [0.25, 0.3) is 5.57 Å². The van der Waals surface area contributed by atoms with Crippen molar-refractivity contribution in [1.29, 1.82) is 0 Å². The molecule has 0 spiro atoms. The van der Waals surface area contributed by atoms with E-state index in [-0.39, 0.29) is 5.97 Å². The van der Waals surface area contributed by atoms with Crippen molar-refractivity contribution in [1.82, 2.24) is 4.90 Å². The van der Waals surface area contributed by atoms with Crippen LogP contribution in [0.4, 0.5) is 0 Å². The lowest BCUT2D eigenvalue weighted by Crippen LogP contribution is -2.29. The van der Waals surface area contributed by atoms with E-state index in [2.05, 4.69) is 4.90 Å². The second-order valence-electron chi connectivity index (χ2n) is 4.42. The Morgan fingerprint density at radius 1 is 1.39 bits per heavy atom. The third kappa shape index (κ3) is 2.57. The molecule has 0 bridgehead atoms. The number of nitrogens with zero attached hydrogens (tertiary/aromatic N) is 1. The van der Waals surface area contributed by atoms with Crippen LogP contribution in [-0.2, 0) is 9.53 Å². The lowest BCUT2D eigenvalue weighted by atomic mass is 9.94. The highest BCUT2D eigenvalue weighted by Gasteiger charge is 2.24. The Labute approximate surface area is 112 Å². The molecule has 0 radical (unpaired) electrons. The molecule has 0 saturated carbocycles. The Hall–Kier alpha value is -1.32. The fourth-order valence-corrected chi connectivity index (χ4v) is 2.45. The number of esters is 1. The van der Waals surface area contributed by atoms with Crippen LogP contribution in [0.1, 0.15) is 12.0 Å². The van der Waals surface area contributed by atoms with Crippen LogP contribution in [0.5, 0.6) is 0 Å². The molecule has 0 atom stereocenters. The number of rotatable bonds is 2. The molecule has 0 N–H and O–H groups in total. The molecule has 3 nitrogen and oxygen atoms in total. The molecule has 0 saturated heterocycles. The van der Waals surface area contributed by atoms with Gasteiger partial charge in [-0.3, -0.25) is 0 Å². The van der Waals surface area contributed by atoms with Gasteiger partial charge in [0.15, 0.2) is 0 Å². The van der Waals surface area contributed by atoms with Gasteiger partial charge in [0.2, 0.25) is 0 Å².